The molecule has 0 saturated heterocycles. The average Bonchev–Trinajstić information content (AvgIpc) is 2.89. The van der Waals surface area contributed by atoms with E-state index in [0.717, 1.165) is 6.07 Å². The molecule has 21 heavy (non-hydrogen) atoms. The first-order valence-electron chi connectivity index (χ1n) is 6.22. The number of aryl methyl sites for hydroxylation is 1. The third-order valence-corrected chi connectivity index (χ3v) is 3.80. The second-order valence-corrected chi connectivity index (χ2v) is 5.32. The van der Waals surface area contributed by atoms with Gasteiger partial charge in [-0.15, -0.1) is 0 Å². The number of nitrogens with one attached hydrogen (secondary N) is 1. The van der Waals surface area contributed by atoms with Crippen molar-refractivity contribution in [3.05, 3.63) is 51.8 Å². The number of alkyl halides is 3. The molecule has 0 aliphatic rings. The van der Waals surface area contributed by atoms with Crippen molar-refractivity contribution in [2.45, 2.75) is 25.7 Å². The van der Waals surface area contributed by atoms with E-state index >= 15 is 0 Å². The smallest absolute Gasteiger partial charge is 0.273 e. The lowest BCUT2D eigenvalue weighted by molar-refractivity contribution is -0.138. The van der Waals surface area contributed by atoms with Gasteiger partial charge in [0.2, 0.25) is 0 Å². The lowest BCUT2D eigenvalue weighted by Gasteiger charge is -2.17. The van der Waals surface area contributed by atoms with E-state index in [1.165, 1.54) is 6.07 Å². The minimum Gasteiger partial charge on any atom is -0.273 e. The minimum absolute atomic E-state index is 0.00113. The molecule has 0 radical (unpaired) electrons. The Morgan fingerprint density at radius 1 is 1.38 bits per heavy atom. The molecule has 4 nitrogen and oxygen atoms in total. The second-order valence-electron chi connectivity index (χ2n) is 4.47. The molecule has 114 valence electrons. The van der Waals surface area contributed by atoms with E-state index in [1.54, 1.807) is 23.1 Å². The van der Waals surface area contributed by atoms with Gasteiger partial charge in [0.25, 0.3) is 0 Å². The van der Waals surface area contributed by atoms with Crippen molar-refractivity contribution in [3.8, 4) is 0 Å². The fraction of sp³-hybridized carbons (Fsp3) is 0.308. The molecule has 8 heteroatoms. The molecular weight excluding hydrogens is 349 g/mol. The van der Waals surface area contributed by atoms with Crippen molar-refractivity contribution in [1.29, 1.82) is 0 Å². The Morgan fingerprint density at radius 2 is 2.10 bits per heavy atom. The zero-order valence-electron chi connectivity index (χ0n) is 11.2. The van der Waals surface area contributed by atoms with E-state index in [9.17, 15) is 13.2 Å². The van der Waals surface area contributed by atoms with Crippen LogP contribution in [-0.2, 0) is 12.7 Å². The highest BCUT2D eigenvalue weighted by Crippen LogP contribution is 2.37. The van der Waals surface area contributed by atoms with Gasteiger partial charge in [-0.1, -0.05) is 22.0 Å². The summed E-state index contributed by atoms with van der Waals surface area (Å²) in [5, 5.41) is 4.11. The topological polar surface area (TPSA) is 55.9 Å². The Balaban J connectivity index is 2.43. The van der Waals surface area contributed by atoms with E-state index in [0.29, 0.717) is 17.7 Å². The molecule has 1 heterocycles. The minimum atomic E-state index is -4.43. The first-order chi connectivity index (χ1) is 9.86. The zero-order chi connectivity index (χ0) is 15.6. The monoisotopic (exact) mass is 362 g/mol. The molecule has 1 aromatic heterocycles. The molecular formula is C13H14BrF3N4. The second kappa shape index (κ2) is 6.17. The summed E-state index contributed by atoms with van der Waals surface area (Å²) in [4.78, 5) is 0. The Bertz CT molecular complexity index is 624. The first-order valence-corrected chi connectivity index (χ1v) is 7.01. The summed E-state index contributed by atoms with van der Waals surface area (Å²) in [5.74, 6) is 5.50. The van der Waals surface area contributed by atoms with Crippen LogP contribution in [-0.4, -0.2) is 9.78 Å². The number of nitrogens with zero attached hydrogens (tertiary/aromatic N) is 2. The zero-order valence-corrected chi connectivity index (χ0v) is 12.7. The van der Waals surface area contributed by atoms with E-state index in [1.807, 2.05) is 6.92 Å². The summed E-state index contributed by atoms with van der Waals surface area (Å²) in [7, 11) is 0. The predicted molar refractivity (Wildman–Crippen MR) is 76.2 cm³/mol. The van der Waals surface area contributed by atoms with Crippen molar-refractivity contribution in [2.75, 3.05) is 0 Å². The first kappa shape index (κ1) is 16.0. The SMILES string of the molecule is CCn1cc(C(NN)c2ccc(Br)c(C(F)(F)F)c2)cn1. The van der Waals surface area contributed by atoms with Crippen LogP contribution >= 0.6 is 15.9 Å². The molecule has 0 saturated carbocycles. The van der Waals surface area contributed by atoms with Gasteiger partial charge in [-0.3, -0.25) is 10.5 Å². The molecule has 0 bridgehead atoms. The van der Waals surface area contributed by atoms with Gasteiger partial charge in [-0.05, 0) is 24.6 Å². The van der Waals surface area contributed by atoms with Crippen molar-refractivity contribution >= 4 is 15.9 Å². The molecule has 1 atom stereocenters. The summed E-state index contributed by atoms with van der Waals surface area (Å²) >= 11 is 2.92. The molecule has 0 aliphatic heterocycles. The predicted octanol–water partition coefficient (Wildman–Crippen LogP) is 3.24. The molecule has 2 aromatic rings. The number of halogens is 4. The van der Waals surface area contributed by atoms with Gasteiger partial charge in [0.15, 0.2) is 0 Å². The molecule has 2 rings (SSSR count). The van der Waals surface area contributed by atoms with Gasteiger partial charge < -0.3 is 0 Å². The van der Waals surface area contributed by atoms with E-state index in [-0.39, 0.29) is 4.47 Å². The van der Waals surface area contributed by atoms with Crippen molar-refractivity contribution in [2.24, 2.45) is 5.84 Å². The van der Waals surface area contributed by atoms with E-state index in [4.69, 9.17) is 5.84 Å². The fourth-order valence-electron chi connectivity index (χ4n) is 2.03. The lowest BCUT2D eigenvalue weighted by Crippen LogP contribution is -2.29. The van der Waals surface area contributed by atoms with E-state index in [2.05, 4.69) is 26.5 Å². The highest BCUT2D eigenvalue weighted by Gasteiger charge is 2.33. The average molecular weight is 363 g/mol. The van der Waals surface area contributed by atoms with Gasteiger partial charge in [-0.2, -0.15) is 18.3 Å². The normalized spacial score (nSPS) is 13.4. The molecule has 1 aromatic carbocycles. The third kappa shape index (κ3) is 3.45. The molecule has 0 aliphatic carbocycles. The number of hydrogen-bond acceptors (Lipinski definition) is 3. The largest absolute Gasteiger partial charge is 0.417 e. The van der Waals surface area contributed by atoms with E-state index < -0.39 is 17.8 Å². The van der Waals surface area contributed by atoms with Crippen LogP contribution in [0.1, 0.15) is 29.7 Å². The van der Waals surface area contributed by atoms with Crippen LogP contribution in [0.4, 0.5) is 13.2 Å². The van der Waals surface area contributed by atoms with Crippen LogP contribution in [0.5, 0.6) is 0 Å². The van der Waals surface area contributed by atoms with Crippen LogP contribution < -0.4 is 11.3 Å². The van der Waals surface area contributed by atoms with Gasteiger partial charge >= 0.3 is 6.18 Å². The maximum absolute atomic E-state index is 13.0. The summed E-state index contributed by atoms with van der Waals surface area (Å²) in [6.07, 6.45) is -1.09. The molecule has 3 N–H and O–H groups in total. The number of rotatable bonds is 4. The molecule has 1 unspecified atom stereocenters. The number of nitrogens with two attached hydrogens (primary N) is 1. The van der Waals surface area contributed by atoms with Crippen LogP contribution in [0.3, 0.4) is 0 Å². The Labute approximate surface area is 128 Å². The summed E-state index contributed by atoms with van der Waals surface area (Å²) < 4.78 is 40.6. The standard InChI is InChI=1S/C13H14BrF3N4/c1-2-21-7-9(6-19-21)12(20-18)8-3-4-11(14)10(5-8)13(15,16)17/h3-7,12,20H,2,18H2,1H3. The maximum atomic E-state index is 13.0. The molecule has 0 fully saturated rings. The Morgan fingerprint density at radius 3 is 2.62 bits per heavy atom. The Kier molecular flexibility index (Phi) is 4.70. The van der Waals surface area contributed by atoms with Crippen LogP contribution in [0, 0.1) is 0 Å². The highest BCUT2D eigenvalue weighted by molar-refractivity contribution is 9.10. The van der Waals surface area contributed by atoms with Crippen molar-refractivity contribution < 1.29 is 13.2 Å². The van der Waals surface area contributed by atoms with Crippen molar-refractivity contribution in [3.63, 3.8) is 0 Å². The number of benzene rings is 1. The summed E-state index contributed by atoms with van der Waals surface area (Å²) in [5.41, 5.74) is 2.92. The Hall–Kier alpha value is -1.38. The number of hydrazine groups is 1. The number of aromatic nitrogens is 2. The molecule has 0 spiro atoms. The maximum Gasteiger partial charge on any atom is 0.417 e. The lowest BCUT2D eigenvalue weighted by atomic mass is 10.00. The third-order valence-electron chi connectivity index (χ3n) is 3.11. The van der Waals surface area contributed by atoms with Gasteiger partial charge in [0.1, 0.15) is 0 Å². The summed E-state index contributed by atoms with van der Waals surface area (Å²) in [6.45, 7) is 2.59. The van der Waals surface area contributed by atoms with Crippen molar-refractivity contribution in [1.82, 2.24) is 15.2 Å². The highest BCUT2D eigenvalue weighted by atomic mass is 79.9. The summed E-state index contributed by atoms with van der Waals surface area (Å²) in [6, 6.07) is 3.48. The van der Waals surface area contributed by atoms with Crippen LogP contribution in [0.2, 0.25) is 0 Å². The van der Waals surface area contributed by atoms with Crippen LogP contribution in [0.15, 0.2) is 35.1 Å². The van der Waals surface area contributed by atoms with Gasteiger partial charge in [-0.25, -0.2) is 5.43 Å². The van der Waals surface area contributed by atoms with Gasteiger partial charge in [0, 0.05) is 22.8 Å². The fourth-order valence-corrected chi connectivity index (χ4v) is 2.50. The number of hydrogen-bond donors (Lipinski definition) is 2. The quantitative estimate of drug-likeness (QED) is 0.648. The van der Waals surface area contributed by atoms with Crippen LogP contribution in [0.25, 0.3) is 0 Å². The molecule has 0 amide bonds. The van der Waals surface area contributed by atoms with Gasteiger partial charge in [0.05, 0.1) is 17.8 Å².